The Morgan fingerprint density at radius 1 is 0.909 bits per heavy atom. The first-order valence-electron chi connectivity index (χ1n) is 8.10. The van der Waals surface area contributed by atoms with Gasteiger partial charge in [0.1, 0.15) is 0 Å². The Balaban J connectivity index is 1.58. The molecule has 0 radical (unpaired) electrons. The first-order valence-corrected chi connectivity index (χ1v) is 8.10. The zero-order valence-corrected chi connectivity index (χ0v) is 12.9. The van der Waals surface area contributed by atoms with Crippen molar-refractivity contribution in [3.63, 3.8) is 0 Å². The average molecular weight is 296 g/mol. The lowest BCUT2D eigenvalue weighted by atomic mass is 10.1. The van der Waals surface area contributed by atoms with E-state index < -0.39 is 0 Å². The maximum atomic E-state index is 5.77. The van der Waals surface area contributed by atoms with Crippen LogP contribution >= 0.6 is 0 Å². The van der Waals surface area contributed by atoms with E-state index in [2.05, 4.69) is 52.8 Å². The molecule has 22 heavy (non-hydrogen) atoms. The summed E-state index contributed by atoms with van der Waals surface area (Å²) in [6.45, 7) is 3.98. The molecular weight excluding hydrogens is 272 g/mol. The van der Waals surface area contributed by atoms with Crippen LogP contribution in [0.4, 0.5) is 0 Å². The molecule has 3 rings (SSSR count). The Hall–Kier alpha value is -1.68. The summed E-state index contributed by atoms with van der Waals surface area (Å²) >= 11 is 0. The minimum absolute atomic E-state index is 0.211. The Kier molecular flexibility index (Phi) is 5.59. The van der Waals surface area contributed by atoms with E-state index in [0.29, 0.717) is 6.61 Å². The molecule has 0 amide bonds. The van der Waals surface area contributed by atoms with Gasteiger partial charge in [0.25, 0.3) is 0 Å². The third-order valence-electron chi connectivity index (χ3n) is 4.15. The second-order valence-electron chi connectivity index (χ2n) is 5.86. The van der Waals surface area contributed by atoms with E-state index in [1.807, 2.05) is 18.2 Å². The predicted octanol–water partition coefficient (Wildman–Crippen LogP) is 3.54. The molecule has 2 aromatic carbocycles. The maximum absolute atomic E-state index is 5.77. The third-order valence-corrected chi connectivity index (χ3v) is 4.15. The summed E-state index contributed by atoms with van der Waals surface area (Å²) in [7, 11) is 0. The monoisotopic (exact) mass is 296 g/mol. The van der Waals surface area contributed by atoms with Gasteiger partial charge in [-0.15, -0.1) is 0 Å². The summed E-state index contributed by atoms with van der Waals surface area (Å²) in [5.41, 5.74) is 5.73. The van der Waals surface area contributed by atoms with Crippen LogP contribution in [0, 0.1) is 0 Å². The summed E-state index contributed by atoms with van der Waals surface area (Å²) < 4.78 is 0. The van der Waals surface area contributed by atoms with Crippen molar-refractivity contribution in [2.45, 2.75) is 25.5 Å². The van der Waals surface area contributed by atoms with E-state index in [4.69, 9.17) is 4.84 Å². The smallest absolute Gasteiger partial charge is 0.0933 e. The van der Waals surface area contributed by atoms with Crippen molar-refractivity contribution in [1.82, 2.24) is 10.4 Å². The molecule has 2 aromatic rings. The van der Waals surface area contributed by atoms with E-state index in [1.165, 1.54) is 37.1 Å². The van der Waals surface area contributed by atoms with Crippen LogP contribution in [0.5, 0.6) is 0 Å². The first kappa shape index (κ1) is 15.2. The van der Waals surface area contributed by atoms with Crippen molar-refractivity contribution in [1.29, 1.82) is 0 Å². The molecular formula is C19H24N2O. The Bertz CT molecular complexity index is 538. The standard InChI is InChI=1S/C19H24N2O/c1-3-9-17(10-4-1)16-22-20-19(15-21-13-7-8-14-21)18-11-5-2-6-12-18/h1-6,9-12,19-20H,7-8,13-16H2/t19-/m1/s1. The highest BCUT2D eigenvalue weighted by molar-refractivity contribution is 5.19. The maximum Gasteiger partial charge on any atom is 0.0933 e. The van der Waals surface area contributed by atoms with Gasteiger partial charge in [-0.2, -0.15) is 5.48 Å². The molecule has 1 fully saturated rings. The molecule has 0 aliphatic carbocycles. The third kappa shape index (κ3) is 4.41. The normalized spacial score (nSPS) is 16.7. The van der Waals surface area contributed by atoms with Crippen LogP contribution in [-0.4, -0.2) is 24.5 Å². The molecule has 116 valence electrons. The van der Waals surface area contributed by atoms with Crippen LogP contribution in [-0.2, 0) is 11.4 Å². The van der Waals surface area contributed by atoms with Crippen LogP contribution in [0.1, 0.15) is 30.0 Å². The summed E-state index contributed by atoms with van der Waals surface area (Å²) in [4.78, 5) is 8.28. The molecule has 1 N–H and O–H groups in total. The summed E-state index contributed by atoms with van der Waals surface area (Å²) in [5, 5.41) is 0. The zero-order valence-electron chi connectivity index (χ0n) is 12.9. The van der Waals surface area contributed by atoms with E-state index >= 15 is 0 Å². The van der Waals surface area contributed by atoms with Crippen molar-refractivity contribution < 1.29 is 4.84 Å². The number of hydrogen-bond acceptors (Lipinski definition) is 3. The highest BCUT2D eigenvalue weighted by Gasteiger charge is 2.18. The number of benzene rings is 2. The first-order chi connectivity index (χ1) is 10.9. The number of nitrogens with zero attached hydrogens (tertiary/aromatic N) is 1. The fourth-order valence-electron chi connectivity index (χ4n) is 2.92. The van der Waals surface area contributed by atoms with Gasteiger partial charge >= 0.3 is 0 Å². The molecule has 0 unspecified atom stereocenters. The molecule has 0 aromatic heterocycles. The van der Waals surface area contributed by atoms with Gasteiger partial charge < -0.3 is 4.90 Å². The SMILES string of the molecule is c1ccc(CON[C@H](CN2CCCC2)c2ccccc2)cc1. The van der Waals surface area contributed by atoms with Gasteiger partial charge in [-0.1, -0.05) is 60.7 Å². The lowest BCUT2D eigenvalue weighted by Gasteiger charge is -2.24. The highest BCUT2D eigenvalue weighted by Crippen LogP contribution is 2.18. The molecule has 0 bridgehead atoms. The van der Waals surface area contributed by atoms with Gasteiger partial charge in [0.15, 0.2) is 0 Å². The fraction of sp³-hybridized carbons (Fsp3) is 0.368. The zero-order chi connectivity index (χ0) is 15.0. The van der Waals surface area contributed by atoms with Crippen LogP contribution in [0.2, 0.25) is 0 Å². The molecule has 0 saturated carbocycles. The van der Waals surface area contributed by atoms with Crippen LogP contribution in [0.3, 0.4) is 0 Å². The molecule has 3 nitrogen and oxygen atoms in total. The fourth-order valence-corrected chi connectivity index (χ4v) is 2.92. The summed E-state index contributed by atoms with van der Waals surface area (Å²) in [6.07, 6.45) is 2.62. The second-order valence-corrected chi connectivity index (χ2v) is 5.86. The topological polar surface area (TPSA) is 24.5 Å². The van der Waals surface area contributed by atoms with Gasteiger partial charge in [-0.25, -0.2) is 0 Å². The molecule has 1 aliphatic rings. The number of hydroxylamine groups is 1. The summed E-state index contributed by atoms with van der Waals surface area (Å²) in [5.74, 6) is 0. The van der Waals surface area contributed by atoms with E-state index in [-0.39, 0.29) is 6.04 Å². The Morgan fingerprint density at radius 2 is 1.55 bits per heavy atom. The van der Waals surface area contributed by atoms with Crippen molar-refractivity contribution in [3.8, 4) is 0 Å². The lowest BCUT2D eigenvalue weighted by molar-refractivity contribution is -0.00392. The Morgan fingerprint density at radius 3 is 2.23 bits per heavy atom. The predicted molar refractivity (Wildman–Crippen MR) is 89.2 cm³/mol. The van der Waals surface area contributed by atoms with E-state index in [0.717, 1.165) is 6.54 Å². The second kappa shape index (κ2) is 8.08. The molecule has 1 atom stereocenters. The van der Waals surface area contributed by atoms with Crippen LogP contribution in [0.25, 0.3) is 0 Å². The number of hydrogen-bond donors (Lipinski definition) is 1. The Labute approximate surface area is 132 Å². The van der Waals surface area contributed by atoms with Crippen molar-refractivity contribution in [2.24, 2.45) is 0 Å². The lowest BCUT2D eigenvalue weighted by Crippen LogP contribution is -2.33. The van der Waals surface area contributed by atoms with Crippen molar-refractivity contribution in [3.05, 3.63) is 71.8 Å². The van der Waals surface area contributed by atoms with Gasteiger partial charge in [-0.3, -0.25) is 4.84 Å². The molecule has 1 heterocycles. The van der Waals surface area contributed by atoms with E-state index in [9.17, 15) is 0 Å². The average Bonchev–Trinajstić information content (AvgIpc) is 3.09. The van der Waals surface area contributed by atoms with Gasteiger partial charge in [0, 0.05) is 6.54 Å². The molecule has 1 saturated heterocycles. The number of rotatable bonds is 7. The van der Waals surface area contributed by atoms with E-state index in [1.54, 1.807) is 0 Å². The number of nitrogens with one attached hydrogen (secondary N) is 1. The molecule has 1 aliphatic heterocycles. The van der Waals surface area contributed by atoms with Crippen LogP contribution < -0.4 is 5.48 Å². The minimum Gasteiger partial charge on any atom is -0.301 e. The van der Waals surface area contributed by atoms with Gasteiger partial charge in [-0.05, 0) is 37.1 Å². The largest absolute Gasteiger partial charge is 0.301 e. The quantitative estimate of drug-likeness (QED) is 0.791. The number of likely N-dealkylation sites (tertiary alicyclic amines) is 1. The van der Waals surface area contributed by atoms with Crippen LogP contribution in [0.15, 0.2) is 60.7 Å². The minimum atomic E-state index is 0.211. The van der Waals surface area contributed by atoms with Crippen molar-refractivity contribution >= 4 is 0 Å². The van der Waals surface area contributed by atoms with Crippen molar-refractivity contribution in [2.75, 3.05) is 19.6 Å². The summed E-state index contributed by atoms with van der Waals surface area (Å²) in [6, 6.07) is 21.0. The molecule has 0 spiro atoms. The highest BCUT2D eigenvalue weighted by atomic mass is 16.6. The molecule has 3 heteroatoms. The van der Waals surface area contributed by atoms with Gasteiger partial charge in [0.2, 0.25) is 0 Å². The van der Waals surface area contributed by atoms with Gasteiger partial charge in [0.05, 0.1) is 12.6 Å².